The number of alkyl carbamates (subject to hydrolysis) is 1. The van der Waals surface area contributed by atoms with Crippen molar-refractivity contribution in [2.45, 2.75) is 51.9 Å². The molecule has 1 aromatic carbocycles. The minimum Gasteiger partial charge on any atom is -0.481 e. The minimum absolute atomic E-state index is 0.165. The zero-order valence-corrected chi connectivity index (χ0v) is 14.3. The van der Waals surface area contributed by atoms with Crippen molar-refractivity contribution in [3.8, 4) is 0 Å². The fourth-order valence-electron chi connectivity index (χ4n) is 2.56. The van der Waals surface area contributed by atoms with Crippen LogP contribution >= 0.6 is 0 Å². The Kier molecular flexibility index (Phi) is 5.30. The summed E-state index contributed by atoms with van der Waals surface area (Å²) in [4.78, 5) is 37.0. The molecule has 8 heteroatoms. The number of carboxylic acid groups (broad SMARTS) is 1. The van der Waals surface area contributed by atoms with Crippen LogP contribution in [0.2, 0.25) is 0 Å². The zero-order chi connectivity index (χ0) is 18.8. The zero-order valence-electron chi connectivity index (χ0n) is 14.3. The van der Waals surface area contributed by atoms with E-state index in [9.17, 15) is 18.8 Å². The quantitative estimate of drug-likeness (QED) is 0.864. The van der Waals surface area contributed by atoms with E-state index in [0.29, 0.717) is 5.56 Å². The number of carbonyl (C=O) groups is 3. The number of aliphatic carboxylic acids is 1. The van der Waals surface area contributed by atoms with Gasteiger partial charge in [0.05, 0.1) is 6.42 Å². The third-order valence-electron chi connectivity index (χ3n) is 3.57. The number of nitrogens with one attached hydrogen (secondary N) is 1. The van der Waals surface area contributed by atoms with Gasteiger partial charge in [-0.15, -0.1) is 0 Å². The highest BCUT2D eigenvalue weighted by molar-refractivity contribution is 5.89. The molecular weight excluding hydrogens is 331 g/mol. The van der Waals surface area contributed by atoms with Crippen LogP contribution in [0.1, 0.15) is 38.3 Å². The van der Waals surface area contributed by atoms with Gasteiger partial charge in [0, 0.05) is 13.1 Å². The maximum absolute atomic E-state index is 13.3. The summed E-state index contributed by atoms with van der Waals surface area (Å²) in [6.45, 7) is 5.38. The maximum atomic E-state index is 13.3. The third kappa shape index (κ3) is 5.17. The van der Waals surface area contributed by atoms with Crippen molar-refractivity contribution >= 4 is 18.0 Å². The highest BCUT2D eigenvalue weighted by Crippen LogP contribution is 2.24. The fourth-order valence-corrected chi connectivity index (χ4v) is 2.56. The highest BCUT2D eigenvalue weighted by Gasteiger charge is 2.32. The molecule has 25 heavy (non-hydrogen) atoms. The molecule has 1 aliphatic rings. The molecule has 136 valence electrons. The predicted molar refractivity (Wildman–Crippen MR) is 86.1 cm³/mol. The lowest BCUT2D eigenvalue weighted by molar-refractivity contribution is -0.142. The van der Waals surface area contributed by atoms with Crippen molar-refractivity contribution < 1.29 is 28.6 Å². The first kappa shape index (κ1) is 18.7. The smallest absolute Gasteiger partial charge is 0.408 e. The Labute approximate surface area is 144 Å². The number of hydrogen-bond acceptors (Lipinski definition) is 4. The van der Waals surface area contributed by atoms with Crippen LogP contribution in [0.15, 0.2) is 18.2 Å². The van der Waals surface area contributed by atoms with Crippen molar-refractivity contribution in [3.05, 3.63) is 35.1 Å². The first-order valence-corrected chi connectivity index (χ1v) is 7.82. The van der Waals surface area contributed by atoms with Crippen molar-refractivity contribution in [1.29, 1.82) is 0 Å². The van der Waals surface area contributed by atoms with Crippen LogP contribution in [0.3, 0.4) is 0 Å². The highest BCUT2D eigenvalue weighted by atomic mass is 19.1. The van der Waals surface area contributed by atoms with Crippen LogP contribution in [0.25, 0.3) is 0 Å². The van der Waals surface area contributed by atoms with E-state index < -0.39 is 41.9 Å². The van der Waals surface area contributed by atoms with Crippen molar-refractivity contribution in [3.63, 3.8) is 0 Å². The largest absolute Gasteiger partial charge is 0.481 e. The lowest BCUT2D eigenvalue weighted by atomic mass is 10.1. The van der Waals surface area contributed by atoms with E-state index in [1.54, 1.807) is 26.8 Å². The molecule has 0 fully saturated rings. The fraction of sp³-hybridized carbons (Fsp3) is 0.471. The number of ether oxygens (including phenoxy) is 1. The van der Waals surface area contributed by atoms with Gasteiger partial charge < -0.3 is 20.1 Å². The Morgan fingerprint density at radius 1 is 1.28 bits per heavy atom. The Balaban J connectivity index is 2.09. The Morgan fingerprint density at radius 3 is 2.52 bits per heavy atom. The molecule has 0 radical (unpaired) electrons. The topological polar surface area (TPSA) is 95.9 Å². The van der Waals surface area contributed by atoms with Crippen LogP contribution < -0.4 is 5.32 Å². The predicted octanol–water partition coefficient (Wildman–Crippen LogP) is 2.04. The van der Waals surface area contributed by atoms with Gasteiger partial charge in [-0.1, -0.05) is 6.07 Å². The lowest BCUT2D eigenvalue weighted by Crippen LogP contribution is -2.49. The molecule has 1 atom stereocenters. The molecule has 0 unspecified atom stereocenters. The summed E-state index contributed by atoms with van der Waals surface area (Å²) >= 11 is 0. The summed E-state index contributed by atoms with van der Waals surface area (Å²) in [7, 11) is 0. The van der Waals surface area contributed by atoms with E-state index in [1.807, 2.05) is 0 Å². The summed E-state index contributed by atoms with van der Waals surface area (Å²) in [5.74, 6) is -2.18. The van der Waals surface area contributed by atoms with E-state index >= 15 is 0 Å². The summed E-state index contributed by atoms with van der Waals surface area (Å²) in [5.41, 5.74) is 0.684. The number of nitrogens with zero attached hydrogens (tertiary/aromatic N) is 1. The molecule has 1 heterocycles. The minimum atomic E-state index is -1.26. The summed E-state index contributed by atoms with van der Waals surface area (Å²) < 4.78 is 18.4. The van der Waals surface area contributed by atoms with Crippen molar-refractivity contribution in [2.75, 3.05) is 0 Å². The standard InChI is InChI=1S/C17H21FN2O5/c1-17(2,3)25-16(24)19-13(7-14(21)22)15(23)20-8-10-4-5-12(18)6-11(10)9-20/h4-6,13H,7-9H2,1-3H3,(H,19,24)(H,21,22)/t13-/m0/s1. The van der Waals surface area contributed by atoms with Gasteiger partial charge in [0.25, 0.3) is 0 Å². The molecule has 1 aliphatic heterocycles. The average molecular weight is 352 g/mol. The molecule has 2 amide bonds. The number of amides is 2. The monoisotopic (exact) mass is 352 g/mol. The molecule has 2 rings (SSSR count). The first-order valence-electron chi connectivity index (χ1n) is 7.82. The molecule has 0 aromatic heterocycles. The van der Waals surface area contributed by atoms with Crippen LogP contribution in [0, 0.1) is 5.82 Å². The van der Waals surface area contributed by atoms with Crippen LogP contribution in [0.4, 0.5) is 9.18 Å². The second kappa shape index (κ2) is 7.08. The van der Waals surface area contributed by atoms with Crippen LogP contribution in [-0.2, 0) is 27.4 Å². The second-order valence-corrected chi connectivity index (χ2v) is 6.90. The van der Waals surface area contributed by atoms with Gasteiger partial charge in [0.2, 0.25) is 5.91 Å². The van der Waals surface area contributed by atoms with E-state index in [0.717, 1.165) is 5.56 Å². The first-order chi connectivity index (χ1) is 11.5. The van der Waals surface area contributed by atoms with E-state index in [-0.39, 0.29) is 13.1 Å². The van der Waals surface area contributed by atoms with Crippen molar-refractivity contribution in [2.24, 2.45) is 0 Å². The molecule has 7 nitrogen and oxygen atoms in total. The van der Waals surface area contributed by atoms with Gasteiger partial charge in [-0.25, -0.2) is 9.18 Å². The second-order valence-electron chi connectivity index (χ2n) is 6.90. The van der Waals surface area contributed by atoms with Crippen molar-refractivity contribution in [1.82, 2.24) is 10.2 Å². The van der Waals surface area contributed by atoms with Gasteiger partial charge in [-0.05, 0) is 44.0 Å². The lowest BCUT2D eigenvalue weighted by Gasteiger charge is -2.25. The normalized spacial score (nSPS) is 14.6. The number of carbonyl (C=O) groups excluding carboxylic acids is 2. The number of halogens is 1. The average Bonchev–Trinajstić information content (AvgIpc) is 2.86. The number of rotatable bonds is 4. The van der Waals surface area contributed by atoms with E-state index in [2.05, 4.69) is 5.32 Å². The van der Waals surface area contributed by atoms with Gasteiger partial charge >= 0.3 is 12.1 Å². The van der Waals surface area contributed by atoms with Crippen LogP contribution in [-0.4, -0.2) is 39.6 Å². The molecule has 0 saturated heterocycles. The Hall–Kier alpha value is -2.64. The summed E-state index contributed by atoms with van der Waals surface area (Å²) in [6, 6.07) is 2.98. The molecule has 2 N–H and O–H groups in total. The van der Waals surface area contributed by atoms with Gasteiger partial charge in [-0.3, -0.25) is 9.59 Å². The molecule has 0 saturated carbocycles. The Morgan fingerprint density at radius 2 is 1.92 bits per heavy atom. The van der Waals surface area contributed by atoms with E-state index in [1.165, 1.54) is 17.0 Å². The van der Waals surface area contributed by atoms with Gasteiger partial charge in [-0.2, -0.15) is 0 Å². The molecule has 1 aromatic rings. The molecule has 0 aliphatic carbocycles. The number of hydrogen-bond donors (Lipinski definition) is 2. The summed E-state index contributed by atoms with van der Waals surface area (Å²) in [6.07, 6.45) is -1.44. The molecule has 0 spiro atoms. The van der Waals surface area contributed by atoms with E-state index in [4.69, 9.17) is 9.84 Å². The molecular formula is C17H21FN2O5. The third-order valence-corrected chi connectivity index (χ3v) is 3.57. The number of benzene rings is 1. The van der Waals surface area contributed by atoms with Gasteiger partial charge in [0.15, 0.2) is 0 Å². The number of carboxylic acids is 1. The van der Waals surface area contributed by atoms with Crippen LogP contribution in [0.5, 0.6) is 0 Å². The Bertz CT molecular complexity index is 699. The summed E-state index contributed by atoms with van der Waals surface area (Å²) in [5, 5.41) is 11.3. The number of fused-ring (bicyclic) bond motifs is 1. The van der Waals surface area contributed by atoms with Gasteiger partial charge in [0.1, 0.15) is 17.5 Å². The SMILES string of the molecule is CC(C)(C)OC(=O)N[C@@H](CC(=O)O)C(=O)N1Cc2ccc(F)cc2C1. The maximum Gasteiger partial charge on any atom is 0.408 e. The molecule has 0 bridgehead atoms.